The molecular weight excluding hydrogens is 264 g/mol. The maximum Gasteiger partial charge on any atom is 0.232 e. The monoisotopic (exact) mass is 278 g/mol. The van der Waals surface area contributed by atoms with Gasteiger partial charge in [0.1, 0.15) is 11.5 Å². The summed E-state index contributed by atoms with van der Waals surface area (Å²) in [5.41, 5.74) is 0.939. The third kappa shape index (κ3) is 4.83. The van der Waals surface area contributed by atoms with Crippen molar-refractivity contribution in [3.63, 3.8) is 0 Å². The molecule has 0 saturated heterocycles. The normalized spacial score (nSPS) is 11.2. The first kappa shape index (κ1) is 14.1. The summed E-state index contributed by atoms with van der Waals surface area (Å²) >= 11 is 0. The average molecular weight is 279 g/mol. The van der Waals surface area contributed by atoms with E-state index in [9.17, 15) is 8.42 Å². The largest absolute Gasteiger partial charge is 0.497 e. The fourth-order valence-corrected chi connectivity index (χ4v) is 2.31. The first-order valence-corrected chi connectivity index (χ1v) is 7.57. The molecule has 6 heteroatoms. The van der Waals surface area contributed by atoms with E-state index in [0.717, 1.165) is 5.56 Å². The highest BCUT2D eigenvalue weighted by Gasteiger charge is 2.08. The van der Waals surface area contributed by atoms with Crippen LogP contribution < -0.4 is 9.47 Å². The molecule has 0 radical (unpaired) electrons. The Morgan fingerprint density at radius 3 is 2.47 bits per heavy atom. The highest BCUT2D eigenvalue weighted by atomic mass is 35.7. The lowest BCUT2D eigenvalue weighted by atomic mass is 10.1. The molecule has 4 nitrogen and oxygen atoms in total. The van der Waals surface area contributed by atoms with Gasteiger partial charge in [-0.05, 0) is 24.5 Å². The molecule has 0 fully saturated rings. The van der Waals surface area contributed by atoms with E-state index >= 15 is 0 Å². The van der Waals surface area contributed by atoms with E-state index in [0.29, 0.717) is 24.3 Å². The summed E-state index contributed by atoms with van der Waals surface area (Å²) in [7, 11) is 4.87. The van der Waals surface area contributed by atoms with Crippen molar-refractivity contribution in [1.82, 2.24) is 0 Å². The number of hydrogen-bond donors (Lipinski definition) is 0. The Morgan fingerprint density at radius 2 is 1.94 bits per heavy atom. The molecule has 0 aliphatic rings. The van der Waals surface area contributed by atoms with Crippen LogP contribution in [0.3, 0.4) is 0 Å². The maximum absolute atomic E-state index is 10.8. The van der Waals surface area contributed by atoms with Crippen molar-refractivity contribution in [2.45, 2.75) is 12.8 Å². The number of rotatable bonds is 6. The molecule has 96 valence electrons. The maximum atomic E-state index is 10.8. The summed E-state index contributed by atoms with van der Waals surface area (Å²) in [6, 6.07) is 5.44. The van der Waals surface area contributed by atoms with Crippen molar-refractivity contribution in [2.75, 3.05) is 20.0 Å². The quantitative estimate of drug-likeness (QED) is 0.749. The minimum Gasteiger partial charge on any atom is -0.497 e. The Morgan fingerprint density at radius 1 is 1.24 bits per heavy atom. The number of ether oxygens (including phenoxy) is 2. The average Bonchev–Trinajstić information content (AvgIpc) is 2.27. The van der Waals surface area contributed by atoms with E-state index in [-0.39, 0.29) is 5.75 Å². The van der Waals surface area contributed by atoms with Crippen molar-refractivity contribution in [1.29, 1.82) is 0 Å². The van der Waals surface area contributed by atoms with Crippen LogP contribution in [0, 0.1) is 0 Å². The van der Waals surface area contributed by atoms with E-state index in [1.807, 2.05) is 12.1 Å². The number of hydrogen-bond acceptors (Lipinski definition) is 4. The number of benzene rings is 1. The smallest absolute Gasteiger partial charge is 0.232 e. The second kappa shape index (κ2) is 6.12. The Hall–Kier alpha value is -0.940. The summed E-state index contributed by atoms with van der Waals surface area (Å²) in [4.78, 5) is 0. The Labute approximate surface area is 106 Å². The van der Waals surface area contributed by atoms with Crippen LogP contribution in [0.2, 0.25) is 0 Å². The standard InChI is InChI=1S/C11H15ClO4S/c1-15-10-6-5-9(11(8-10)16-2)4-3-7-17(12,13)14/h5-6,8H,3-4,7H2,1-2H3. The lowest BCUT2D eigenvalue weighted by molar-refractivity contribution is 0.391. The molecule has 0 aliphatic heterocycles. The molecule has 0 unspecified atom stereocenters. The molecule has 0 aromatic heterocycles. The minimum atomic E-state index is -3.42. The van der Waals surface area contributed by atoms with Crippen LogP contribution in [-0.4, -0.2) is 28.4 Å². The van der Waals surface area contributed by atoms with Gasteiger partial charge in [0.2, 0.25) is 9.05 Å². The zero-order valence-electron chi connectivity index (χ0n) is 9.77. The minimum absolute atomic E-state index is 0.0380. The zero-order valence-corrected chi connectivity index (χ0v) is 11.3. The van der Waals surface area contributed by atoms with Crippen LogP contribution in [-0.2, 0) is 15.5 Å². The van der Waals surface area contributed by atoms with Crippen molar-refractivity contribution in [3.05, 3.63) is 23.8 Å². The predicted molar refractivity (Wildman–Crippen MR) is 67.5 cm³/mol. The predicted octanol–water partition coefficient (Wildman–Crippen LogP) is 2.21. The fourth-order valence-electron chi connectivity index (χ4n) is 1.49. The molecule has 1 aromatic carbocycles. The fraction of sp³-hybridized carbons (Fsp3) is 0.455. The van der Waals surface area contributed by atoms with E-state index in [1.165, 1.54) is 0 Å². The van der Waals surface area contributed by atoms with Crippen LogP contribution in [0.5, 0.6) is 11.5 Å². The second-order valence-electron chi connectivity index (χ2n) is 3.52. The van der Waals surface area contributed by atoms with Crippen LogP contribution in [0.4, 0.5) is 0 Å². The highest BCUT2D eigenvalue weighted by Crippen LogP contribution is 2.25. The first-order chi connectivity index (χ1) is 7.96. The van der Waals surface area contributed by atoms with Gasteiger partial charge >= 0.3 is 0 Å². The molecule has 0 amide bonds. The van der Waals surface area contributed by atoms with Gasteiger partial charge in [-0.25, -0.2) is 8.42 Å². The molecule has 0 spiro atoms. The Balaban J connectivity index is 2.70. The molecule has 0 bridgehead atoms. The molecule has 1 rings (SSSR count). The summed E-state index contributed by atoms with van der Waals surface area (Å²) in [5, 5.41) is 0. The van der Waals surface area contributed by atoms with Gasteiger partial charge in [0.15, 0.2) is 0 Å². The number of aryl methyl sites for hydroxylation is 1. The zero-order chi connectivity index (χ0) is 12.9. The molecular formula is C11H15ClO4S. The lowest BCUT2D eigenvalue weighted by Crippen LogP contribution is -2.00. The van der Waals surface area contributed by atoms with Gasteiger partial charge in [-0.2, -0.15) is 0 Å². The SMILES string of the molecule is COc1ccc(CCCS(=O)(=O)Cl)c(OC)c1. The lowest BCUT2D eigenvalue weighted by Gasteiger charge is -2.09. The molecule has 0 saturated carbocycles. The van der Waals surface area contributed by atoms with Crippen LogP contribution in [0.1, 0.15) is 12.0 Å². The molecule has 17 heavy (non-hydrogen) atoms. The van der Waals surface area contributed by atoms with Crippen molar-refractivity contribution in [2.24, 2.45) is 0 Å². The van der Waals surface area contributed by atoms with Crippen LogP contribution in [0.25, 0.3) is 0 Å². The van der Waals surface area contributed by atoms with Gasteiger partial charge in [0, 0.05) is 16.7 Å². The summed E-state index contributed by atoms with van der Waals surface area (Å²) in [5.74, 6) is 1.36. The third-order valence-corrected chi connectivity index (χ3v) is 3.57. The van der Waals surface area contributed by atoms with Crippen LogP contribution >= 0.6 is 10.7 Å². The van der Waals surface area contributed by atoms with Gasteiger partial charge in [-0.1, -0.05) is 6.07 Å². The molecule has 0 heterocycles. The van der Waals surface area contributed by atoms with Gasteiger partial charge in [0.05, 0.1) is 20.0 Å². The molecule has 0 N–H and O–H groups in total. The van der Waals surface area contributed by atoms with Gasteiger partial charge in [-0.3, -0.25) is 0 Å². The van der Waals surface area contributed by atoms with E-state index in [4.69, 9.17) is 20.2 Å². The van der Waals surface area contributed by atoms with Crippen LogP contribution in [0.15, 0.2) is 18.2 Å². The third-order valence-electron chi connectivity index (χ3n) is 2.33. The summed E-state index contributed by atoms with van der Waals surface area (Å²) < 4.78 is 31.9. The van der Waals surface area contributed by atoms with E-state index in [2.05, 4.69) is 0 Å². The van der Waals surface area contributed by atoms with Crippen molar-refractivity contribution < 1.29 is 17.9 Å². The van der Waals surface area contributed by atoms with Gasteiger partial charge in [0.25, 0.3) is 0 Å². The second-order valence-corrected chi connectivity index (χ2v) is 6.42. The summed E-state index contributed by atoms with van der Waals surface area (Å²) in [6.07, 6.45) is 1.06. The van der Waals surface area contributed by atoms with Gasteiger partial charge < -0.3 is 9.47 Å². The molecule has 1 aromatic rings. The number of halogens is 1. The van der Waals surface area contributed by atoms with Crippen molar-refractivity contribution >= 4 is 19.7 Å². The van der Waals surface area contributed by atoms with Gasteiger partial charge in [-0.15, -0.1) is 0 Å². The summed E-state index contributed by atoms with van der Waals surface area (Å²) in [6.45, 7) is 0. The molecule has 0 aliphatic carbocycles. The Kier molecular flexibility index (Phi) is 5.08. The first-order valence-electron chi connectivity index (χ1n) is 5.09. The van der Waals surface area contributed by atoms with E-state index < -0.39 is 9.05 Å². The van der Waals surface area contributed by atoms with E-state index in [1.54, 1.807) is 20.3 Å². The molecule has 0 atom stereocenters. The topological polar surface area (TPSA) is 52.6 Å². The van der Waals surface area contributed by atoms with Crippen molar-refractivity contribution in [3.8, 4) is 11.5 Å². The Bertz CT molecular complexity index is 470. The number of methoxy groups -OCH3 is 2. The highest BCUT2D eigenvalue weighted by molar-refractivity contribution is 8.13.